The molecule has 1 aromatic carbocycles. The van der Waals surface area contributed by atoms with Crippen molar-refractivity contribution in [1.29, 1.82) is 0 Å². The van der Waals surface area contributed by atoms with Gasteiger partial charge in [-0.25, -0.2) is 0 Å². The Bertz CT molecular complexity index is 596. The summed E-state index contributed by atoms with van der Waals surface area (Å²) >= 11 is 21.1. The Balaban J connectivity index is 2.23. The standard InChI is InChI=1S/C15H15Br2Cl2NS/c1-2-5-20-13(14-8-11(16)15(17)21-14)6-9-3-4-10(18)7-12(9)19/h3-4,7-8,13,20H,2,5-6H2,1H3. The van der Waals surface area contributed by atoms with Gasteiger partial charge in [-0.2, -0.15) is 0 Å². The number of hydrogen-bond donors (Lipinski definition) is 1. The minimum absolute atomic E-state index is 0.247. The van der Waals surface area contributed by atoms with Crippen LogP contribution in [0.15, 0.2) is 32.5 Å². The van der Waals surface area contributed by atoms with Gasteiger partial charge in [0.05, 0.1) is 3.79 Å². The molecule has 1 N–H and O–H groups in total. The molecule has 0 saturated carbocycles. The largest absolute Gasteiger partial charge is 0.309 e. The van der Waals surface area contributed by atoms with Crippen LogP contribution in [0.3, 0.4) is 0 Å². The second kappa shape index (κ2) is 8.32. The Hall–Kier alpha value is 0.420. The van der Waals surface area contributed by atoms with Crippen molar-refractivity contribution in [2.45, 2.75) is 25.8 Å². The topological polar surface area (TPSA) is 12.0 Å². The Morgan fingerprint density at radius 2 is 2.00 bits per heavy atom. The predicted octanol–water partition coefficient (Wildman–Crippen LogP) is 6.86. The van der Waals surface area contributed by atoms with Gasteiger partial charge in [-0.1, -0.05) is 36.2 Å². The predicted molar refractivity (Wildman–Crippen MR) is 101 cm³/mol. The minimum atomic E-state index is 0.247. The molecule has 0 bridgehead atoms. The third-order valence-corrected chi connectivity index (χ3v) is 7.04. The highest BCUT2D eigenvalue weighted by Crippen LogP contribution is 2.37. The number of nitrogens with one attached hydrogen (secondary N) is 1. The fourth-order valence-corrected chi connectivity index (χ4v) is 4.68. The summed E-state index contributed by atoms with van der Waals surface area (Å²) in [6, 6.07) is 8.10. The van der Waals surface area contributed by atoms with E-state index in [1.54, 1.807) is 17.4 Å². The van der Waals surface area contributed by atoms with Crippen LogP contribution in [0.25, 0.3) is 0 Å². The molecular weight excluding hydrogens is 457 g/mol. The van der Waals surface area contributed by atoms with Gasteiger partial charge in [-0.15, -0.1) is 11.3 Å². The zero-order valence-corrected chi connectivity index (χ0v) is 16.9. The molecule has 0 saturated heterocycles. The van der Waals surface area contributed by atoms with E-state index in [1.807, 2.05) is 12.1 Å². The van der Waals surface area contributed by atoms with E-state index >= 15 is 0 Å². The van der Waals surface area contributed by atoms with Gasteiger partial charge in [0.1, 0.15) is 0 Å². The van der Waals surface area contributed by atoms with Crippen molar-refractivity contribution in [2.75, 3.05) is 6.54 Å². The van der Waals surface area contributed by atoms with Gasteiger partial charge >= 0.3 is 0 Å². The average Bonchev–Trinajstić information content (AvgIpc) is 2.77. The van der Waals surface area contributed by atoms with Crippen LogP contribution in [-0.4, -0.2) is 6.54 Å². The van der Waals surface area contributed by atoms with Gasteiger partial charge in [0.2, 0.25) is 0 Å². The molecule has 1 aromatic heterocycles. The van der Waals surface area contributed by atoms with Crippen molar-refractivity contribution in [2.24, 2.45) is 0 Å². The van der Waals surface area contributed by atoms with Gasteiger partial charge in [0, 0.05) is 25.4 Å². The maximum atomic E-state index is 6.30. The molecular formula is C15H15Br2Cl2NS. The molecule has 1 heterocycles. The van der Waals surface area contributed by atoms with Crippen molar-refractivity contribution in [1.82, 2.24) is 5.32 Å². The Labute approximate surface area is 156 Å². The van der Waals surface area contributed by atoms with Crippen molar-refractivity contribution in [3.8, 4) is 0 Å². The van der Waals surface area contributed by atoms with E-state index < -0.39 is 0 Å². The summed E-state index contributed by atoms with van der Waals surface area (Å²) in [5.41, 5.74) is 1.11. The summed E-state index contributed by atoms with van der Waals surface area (Å²) in [6.07, 6.45) is 1.94. The number of hydrogen-bond acceptors (Lipinski definition) is 2. The normalized spacial score (nSPS) is 12.6. The van der Waals surface area contributed by atoms with Crippen molar-refractivity contribution >= 4 is 66.4 Å². The van der Waals surface area contributed by atoms with E-state index in [9.17, 15) is 0 Å². The monoisotopic (exact) mass is 469 g/mol. The lowest BCUT2D eigenvalue weighted by Gasteiger charge is -2.18. The number of halogens is 4. The van der Waals surface area contributed by atoms with Gasteiger partial charge in [-0.3, -0.25) is 0 Å². The summed E-state index contributed by atoms with van der Waals surface area (Å²) in [7, 11) is 0. The molecule has 21 heavy (non-hydrogen) atoms. The molecule has 2 rings (SSSR count). The number of rotatable bonds is 6. The SMILES string of the molecule is CCCNC(Cc1ccc(Cl)cc1Cl)c1cc(Br)c(Br)s1. The first-order chi connectivity index (χ1) is 10.0. The van der Waals surface area contributed by atoms with Gasteiger partial charge in [0.25, 0.3) is 0 Å². The Morgan fingerprint density at radius 1 is 1.24 bits per heavy atom. The fourth-order valence-electron chi connectivity index (χ4n) is 2.03. The van der Waals surface area contributed by atoms with Gasteiger partial charge < -0.3 is 5.32 Å². The molecule has 6 heteroatoms. The molecule has 0 amide bonds. The second-order valence-electron chi connectivity index (χ2n) is 4.72. The van der Waals surface area contributed by atoms with Crippen LogP contribution >= 0.6 is 66.4 Å². The quantitative estimate of drug-likeness (QED) is 0.485. The average molecular weight is 472 g/mol. The van der Waals surface area contributed by atoms with E-state index in [0.717, 1.165) is 38.2 Å². The van der Waals surface area contributed by atoms with E-state index in [4.69, 9.17) is 23.2 Å². The molecule has 1 atom stereocenters. The second-order valence-corrected chi connectivity index (χ2v) is 8.82. The summed E-state index contributed by atoms with van der Waals surface area (Å²) in [5, 5.41) is 4.99. The first kappa shape index (κ1) is 17.8. The molecule has 0 aliphatic rings. The maximum Gasteiger partial charge on any atom is 0.0843 e. The van der Waals surface area contributed by atoms with Crippen LogP contribution in [0.4, 0.5) is 0 Å². The third-order valence-electron chi connectivity index (χ3n) is 3.09. The molecule has 1 unspecified atom stereocenters. The molecule has 0 radical (unpaired) electrons. The highest BCUT2D eigenvalue weighted by Gasteiger charge is 2.17. The van der Waals surface area contributed by atoms with Crippen LogP contribution in [0, 0.1) is 0 Å². The molecule has 114 valence electrons. The Kier molecular flexibility index (Phi) is 7.04. The van der Waals surface area contributed by atoms with Gasteiger partial charge in [-0.05, 0) is 75.0 Å². The van der Waals surface area contributed by atoms with E-state index in [2.05, 4.69) is 50.2 Å². The lowest BCUT2D eigenvalue weighted by Crippen LogP contribution is -2.23. The zero-order chi connectivity index (χ0) is 15.4. The minimum Gasteiger partial charge on any atom is -0.309 e. The summed E-state index contributed by atoms with van der Waals surface area (Å²) < 4.78 is 2.20. The smallest absolute Gasteiger partial charge is 0.0843 e. The van der Waals surface area contributed by atoms with Crippen molar-refractivity contribution in [3.63, 3.8) is 0 Å². The number of thiophene rings is 1. The van der Waals surface area contributed by atoms with Crippen molar-refractivity contribution < 1.29 is 0 Å². The Morgan fingerprint density at radius 3 is 2.57 bits per heavy atom. The van der Waals surface area contributed by atoms with Crippen LogP contribution in [-0.2, 0) is 6.42 Å². The maximum absolute atomic E-state index is 6.30. The first-order valence-electron chi connectivity index (χ1n) is 6.63. The summed E-state index contributed by atoms with van der Waals surface area (Å²) in [5.74, 6) is 0. The molecule has 2 aromatic rings. The summed E-state index contributed by atoms with van der Waals surface area (Å²) in [4.78, 5) is 1.29. The molecule has 0 fully saturated rings. The van der Waals surface area contributed by atoms with Crippen LogP contribution in [0.1, 0.15) is 29.8 Å². The fraction of sp³-hybridized carbons (Fsp3) is 0.333. The van der Waals surface area contributed by atoms with Gasteiger partial charge in [0.15, 0.2) is 0 Å². The van der Waals surface area contributed by atoms with Crippen molar-refractivity contribution in [3.05, 3.63) is 53.0 Å². The molecule has 1 nitrogen and oxygen atoms in total. The van der Waals surface area contributed by atoms with Crippen LogP contribution in [0.2, 0.25) is 10.0 Å². The van der Waals surface area contributed by atoms with Crippen LogP contribution in [0.5, 0.6) is 0 Å². The lowest BCUT2D eigenvalue weighted by molar-refractivity contribution is 0.536. The molecule has 0 spiro atoms. The van der Waals surface area contributed by atoms with E-state index in [1.165, 1.54) is 4.88 Å². The third kappa shape index (κ3) is 4.95. The first-order valence-corrected chi connectivity index (χ1v) is 9.79. The van der Waals surface area contributed by atoms with E-state index in [0.29, 0.717) is 5.02 Å². The highest BCUT2D eigenvalue weighted by atomic mass is 79.9. The zero-order valence-electron chi connectivity index (χ0n) is 11.4. The number of benzene rings is 1. The lowest BCUT2D eigenvalue weighted by atomic mass is 10.0. The molecule has 0 aliphatic heterocycles. The highest BCUT2D eigenvalue weighted by molar-refractivity contribution is 9.13. The van der Waals surface area contributed by atoms with E-state index in [-0.39, 0.29) is 6.04 Å². The van der Waals surface area contributed by atoms with Crippen LogP contribution < -0.4 is 5.32 Å². The summed E-state index contributed by atoms with van der Waals surface area (Å²) in [6.45, 7) is 3.14. The molecule has 0 aliphatic carbocycles.